The van der Waals surface area contributed by atoms with Gasteiger partial charge in [0.25, 0.3) is 0 Å². The first-order chi connectivity index (χ1) is 27.5. The predicted octanol–water partition coefficient (Wildman–Crippen LogP) is 15.6. The number of rotatable bonds is 44. The Balaban J connectivity index is 4.18. The number of hydrogen-bond donors (Lipinski definition) is 0. The molecule has 1 atom stereocenters. The van der Waals surface area contributed by atoms with Crippen molar-refractivity contribution in [2.24, 2.45) is 0 Å². The minimum Gasteiger partial charge on any atom is -0.462 e. The van der Waals surface area contributed by atoms with Gasteiger partial charge in [-0.05, 0) is 51.4 Å². The maximum absolute atomic E-state index is 12.7. The molecule has 0 aromatic rings. The molecule has 0 aliphatic heterocycles. The van der Waals surface area contributed by atoms with Gasteiger partial charge in [0.1, 0.15) is 13.2 Å². The molecule has 0 aromatic heterocycles. The zero-order chi connectivity index (χ0) is 40.8. The molecule has 0 spiro atoms. The lowest BCUT2D eigenvalue weighted by molar-refractivity contribution is -0.167. The van der Waals surface area contributed by atoms with Crippen molar-refractivity contribution >= 4 is 17.9 Å². The van der Waals surface area contributed by atoms with Gasteiger partial charge in [0, 0.05) is 19.3 Å². The van der Waals surface area contributed by atoms with Gasteiger partial charge in [0.15, 0.2) is 6.10 Å². The second kappa shape index (κ2) is 45.6. The minimum atomic E-state index is -0.770. The van der Waals surface area contributed by atoms with E-state index in [0.717, 1.165) is 83.5 Å². The standard InChI is InChI=1S/C50H92O6/c1-4-7-10-13-15-17-19-21-23-25-27-28-30-32-34-37-40-43-49(52)55-46-47(45-54-48(51)42-39-36-12-9-6-3)56-50(53)44-41-38-35-33-31-29-26-24-22-20-18-16-14-11-8-5-2/h18,20,24,26,47H,4-17,19,21-23,25,27-46H2,1-3H3/b20-18-,26-24-. The molecular formula is C50H92O6. The Morgan fingerprint density at radius 1 is 0.357 bits per heavy atom. The lowest BCUT2D eigenvalue weighted by Gasteiger charge is -2.18. The first kappa shape index (κ1) is 53.9. The van der Waals surface area contributed by atoms with Crippen molar-refractivity contribution < 1.29 is 28.6 Å². The van der Waals surface area contributed by atoms with Gasteiger partial charge >= 0.3 is 17.9 Å². The Hall–Kier alpha value is -2.11. The molecule has 0 aromatic carbocycles. The molecule has 328 valence electrons. The van der Waals surface area contributed by atoms with Crippen LogP contribution in [0, 0.1) is 0 Å². The molecule has 56 heavy (non-hydrogen) atoms. The summed E-state index contributed by atoms with van der Waals surface area (Å²) in [5.74, 6) is -0.893. The summed E-state index contributed by atoms with van der Waals surface area (Å²) in [7, 11) is 0. The lowest BCUT2D eigenvalue weighted by Crippen LogP contribution is -2.30. The summed E-state index contributed by atoms with van der Waals surface area (Å²) in [5, 5.41) is 0. The van der Waals surface area contributed by atoms with Crippen molar-refractivity contribution in [1.82, 2.24) is 0 Å². The molecule has 1 unspecified atom stereocenters. The van der Waals surface area contributed by atoms with E-state index in [1.165, 1.54) is 135 Å². The molecule has 0 aliphatic carbocycles. The summed E-state index contributed by atoms with van der Waals surface area (Å²) in [5.41, 5.74) is 0. The van der Waals surface area contributed by atoms with Crippen molar-refractivity contribution in [3.63, 3.8) is 0 Å². The summed E-state index contributed by atoms with van der Waals surface area (Å²) in [4.78, 5) is 37.6. The number of carbonyl (C=O) groups is 3. The number of allylic oxidation sites excluding steroid dienone is 4. The lowest BCUT2D eigenvalue weighted by atomic mass is 10.0. The maximum atomic E-state index is 12.7. The molecular weight excluding hydrogens is 697 g/mol. The van der Waals surface area contributed by atoms with Gasteiger partial charge in [-0.15, -0.1) is 0 Å². The molecule has 0 radical (unpaired) electrons. The van der Waals surface area contributed by atoms with Crippen LogP contribution in [0.5, 0.6) is 0 Å². The molecule has 0 saturated heterocycles. The van der Waals surface area contributed by atoms with Gasteiger partial charge in [0.2, 0.25) is 0 Å². The second-order valence-corrected chi connectivity index (χ2v) is 16.4. The third-order valence-corrected chi connectivity index (χ3v) is 10.7. The zero-order valence-corrected chi connectivity index (χ0v) is 37.4. The molecule has 0 fully saturated rings. The molecule has 0 rings (SSSR count). The Labute approximate surface area is 347 Å². The fraction of sp³-hybridized carbons (Fsp3) is 0.860. The number of carbonyl (C=O) groups excluding carboxylic acids is 3. The third kappa shape index (κ3) is 43.0. The Morgan fingerprint density at radius 3 is 1.00 bits per heavy atom. The highest BCUT2D eigenvalue weighted by atomic mass is 16.6. The monoisotopic (exact) mass is 789 g/mol. The van der Waals surface area contributed by atoms with E-state index in [-0.39, 0.29) is 31.1 Å². The van der Waals surface area contributed by atoms with Crippen molar-refractivity contribution in [3.05, 3.63) is 24.3 Å². The smallest absolute Gasteiger partial charge is 0.306 e. The van der Waals surface area contributed by atoms with Crippen molar-refractivity contribution in [1.29, 1.82) is 0 Å². The Bertz CT molecular complexity index is 911. The predicted molar refractivity (Wildman–Crippen MR) is 238 cm³/mol. The van der Waals surface area contributed by atoms with Crippen LogP contribution in [0.3, 0.4) is 0 Å². The first-order valence-corrected chi connectivity index (χ1v) is 24.3. The summed E-state index contributed by atoms with van der Waals surface area (Å²) in [6.45, 7) is 6.54. The Kier molecular flexibility index (Phi) is 43.9. The van der Waals surface area contributed by atoms with Gasteiger partial charge in [-0.25, -0.2) is 0 Å². The van der Waals surface area contributed by atoms with E-state index in [0.29, 0.717) is 19.3 Å². The number of hydrogen-bond acceptors (Lipinski definition) is 6. The molecule has 0 saturated carbocycles. The summed E-state index contributed by atoms with van der Waals surface area (Å²) in [6, 6.07) is 0. The van der Waals surface area contributed by atoms with E-state index in [2.05, 4.69) is 45.1 Å². The summed E-state index contributed by atoms with van der Waals surface area (Å²) in [6.07, 6.45) is 50.5. The van der Waals surface area contributed by atoms with Crippen LogP contribution in [0.4, 0.5) is 0 Å². The molecule has 6 nitrogen and oxygen atoms in total. The quantitative estimate of drug-likeness (QED) is 0.0265. The normalized spacial score (nSPS) is 12.1. The van der Waals surface area contributed by atoms with Gasteiger partial charge in [-0.2, -0.15) is 0 Å². The van der Waals surface area contributed by atoms with E-state index < -0.39 is 6.10 Å². The molecule has 0 aliphatic rings. The van der Waals surface area contributed by atoms with E-state index in [1.807, 2.05) is 0 Å². The molecule has 0 bridgehead atoms. The van der Waals surface area contributed by atoms with Gasteiger partial charge in [0.05, 0.1) is 0 Å². The van der Waals surface area contributed by atoms with E-state index in [4.69, 9.17) is 14.2 Å². The van der Waals surface area contributed by atoms with Crippen LogP contribution in [0.15, 0.2) is 24.3 Å². The number of esters is 3. The summed E-state index contributed by atoms with van der Waals surface area (Å²) >= 11 is 0. The molecule has 0 amide bonds. The second-order valence-electron chi connectivity index (χ2n) is 16.4. The van der Waals surface area contributed by atoms with Gasteiger partial charge in [-0.1, -0.05) is 212 Å². The molecule has 6 heteroatoms. The minimum absolute atomic E-state index is 0.0738. The third-order valence-electron chi connectivity index (χ3n) is 10.7. The fourth-order valence-corrected chi connectivity index (χ4v) is 7.00. The van der Waals surface area contributed by atoms with Crippen LogP contribution in [-0.2, 0) is 28.6 Å². The van der Waals surface area contributed by atoms with Gasteiger partial charge in [-0.3, -0.25) is 14.4 Å². The van der Waals surface area contributed by atoms with E-state index in [1.54, 1.807) is 0 Å². The average Bonchev–Trinajstić information content (AvgIpc) is 3.19. The number of ether oxygens (including phenoxy) is 3. The topological polar surface area (TPSA) is 78.9 Å². The fourth-order valence-electron chi connectivity index (χ4n) is 7.00. The highest BCUT2D eigenvalue weighted by molar-refractivity contribution is 5.71. The molecule has 0 heterocycles. The average molecular weight is 789 g/mol. The Morgan fingerprint density at radius 2 is 0.643 bits per heavy atom. The van der Waals surface area contributed by atoms with E-state index in [9.17, 15) is 14.4 Å². The number of unbranched alkanes of at least 4 members (excludes halogenated alkanes) is 29. The first-order valence-electron chi connectivity index (χ1n) is 24.3. The van der Waals surface area contributed by atoms with Crippen molar-refractivity contribution in [2.75, 3.05) is 13.2 Å². The van der Waals surface area contributed by atoms with Crippen molar-refractivity contribution in [2.45, 2.75) is 264 Å². The van der Waals surface area contributed by atoms with Crippen LogP contribution in [-0.4, -0.2) is 37.2 Å². The van der Waals surface area contributed by atoms with Crippen LogP contribution in [0.25, 0.3) is 0 Å². The highest BCUT2D eigenvalue weighted by Gasteiger charge is 2.19. The van der Waals surface area contributed by atoms with Crippen LogP contribution >= 0.6 is 0 Å². The van der Waals surface area contributed by atoms with Crippen LogP contribution in [0.1, 0.15) is 258 Å². The van der Waals surface area contributed by atoms with Crippen molar-refractivity contribution in [3.8, 4) is 0 Å². The summed E-state index contributed by atoms with van der Waals surface area (Å²) < 4.78 is 16.6. The largest absolute Gasteiger partial charge is 0.462 e. The highest BCUT2D eigenvalue weighted by Crippen LogP contribution is 2.15. The molecule has 0 N–H and O–H groups in total. The maximum Gasteiger partial charge on any atom is 0.306 e. The van der Waals surface area contributed by atoms with Gasteiger partial charge < -0.3 is 14.2 Å². The van der Waals surface area contributed by atoms with Crippen LogP contribution in [0.2, 0.25) is 0 Å². The van der Waals surface area contributed by atoms with E-state index >= 15 is 0 Å². The zero-order valence-electron chi connectivity index (χ0n) is 37.4. The SMILES string of the molecule is CCCCCC/C=C\C/C=C\CCCCCCCC(=O)OC(COC(=O)CCCCCCC)COC(=O)CCCCCCCCCCCCCCCCCCC. The van der Waals surface area contributed by atoms with Crippen LogP contribution < -0.4 is 0 Å².